The Morgan fingerprint density at radius 2 is 1.79 bits per heavy atom. The lowest BCUT2D eigenvalue weighted by molar-refractivity contribution is 0.0195. The molecule has 6 heteroatoms. The van der Waals surface area contributed by atoms with Crippen LogP contribution in [-0.4, -0.2) is 27.0 Å². The van der Waals surface area contributed by atoms with Gasteiger partial charge in [-0.2, -0.15) is 0 Å². The molecule has 0 aliphatic carbocycles. The number of benzene rings is 2. The van der Waals surface area contributed by atoms with E-state index in [4.69, 9.17) is 4.74 Å². The lowest BCUT2D eigenvalue weighted by atomic mass is 10.2. The van der Waals surface area contributed by atoms with Gasteiger partial charge in [-0.1, -0.05) is 30.3 Å². The van der Waals surface area contributed by atoms with Crippen molar-refractivity contribution in [3.05, 3.63) is 70.4 Å². The second-order valence-corrected chi connectivity index (χ2v) is 5.70. The molecule has 0 amide bonds. The van der Waals surface area contributed by atoms with Crippen LogP contribution in [0.15, 0.2) is 53.3 Å². The van der Waals surface area contributed by atoms with Gasteiger partial charge in [0.05, 0.1) is 36.9 Å². The number of fused-ring (bicyclic) bond motifs is 1. The van der Waals surface area contributed by atoms with Crippen LogP contribution in [0.4, 0.5) is 4.39 Å². The summed E-state index contributed by atoms with van der Waals surface area (Å²) in [4.78, 5) is 12.3. The second kappa shape index (κ2) is 6.98. The zero-order valence-corrected chi connectivity index (χ0v) is 13.4. The Morgan fingerprint density at radius 1 is 1.12 bits per heavy atom. The van der Waals surface area contributed by atoms with Crippen molar-refractivity contribution in [3.8, 4) is 0 Å². The van der Waals surface area contributed by atoms with Gasteiger partial charge < -0.3 is 9.84 Å². The molecular weight excluding hydrogens is 311 g/mol. The highest BCUT2D eigenvalue weighted by Crippen LogP contribution is 2.12. The molecule has 1 N–H and O–H groups in total. The first-order valence-corrected chi connectivity index (χ1v) is 7.71. The van der Waals surface area contributed by atoms with Crippen LogP contribution in [0.25, 0.3) is 11.0 Å². The summed E-state index contributed by atoms with van der Waals surface area (Å²) < 4.78 is 21.9. The number of ether oxygens (including phenoxy) is 1. The summed E-state index contributed by atoms with van der Waals surface area (Å²) in [6, 6.07) is 13.7. The van der Waals surface area contributed by atoms with E-state index in [9.17, 15) is 14.3 Å². The average molecular weight is 330 g/mol. The minimum atomic E-state index is -0.861. The molecule has 1 atom stereocenters. The minimum Gasteiger partial charge on any atom is -0.389 e. The third-order valence-corrected chi connectivity index (χ3v) is 3.97. The summed E-state index contributed by atoms with van der Waals surface area (Å²) in [6.07, 6.45) is -0.861. The maximum Gasteiger partial charge on any atom is 0.328 e. The largest absolute Gasteiger partial charge is 0.389 e. The molecule has 0 saturated heterocycles. The first kappa shape index (κ1) is 16.4. The molecule has 0 aliphatic heterocycles. The first-order chi connectivity index (χ1) is 11.6. The number of nitrogens with zero attached hydrogens (tertiary/aromatic N) is 2. The third-order valence-electron chi connectivity index (χ3n) is 3.97. The molecule has 126 valence electrons. The summed E-state index contributed by atoms with van der Waals surface area (Å²) in [5.74, 6) is -0.336. The fourth-order valence-electron chi connectivity index (χ4n) is 2.72. The van der Waals surface area contributed by atoms with Gasteiger partial charge in [-0.25, -0.2) is 9.18 Å². The Hall–Kier alpha value is -2.44. The van der Waals surface area contributed by atoms with Gasteiger partial charge in [0.15, 0.2) is 0 Å². The average Bonchev–Trinajstić information content (AvgIpc) is 2.82. The molecule has 0 saturated carbocycles. The van der Waals surface area contributed by atoms with Crippen LogP contribution in [0, 0.1) is 5.82 Å². The smallest absolute Gasteiger partial charge is 0.328 e. The van der Waals surface area contributed by atoms with Gasteiger partial charge in [0, 0.05) is 12.6 Å². The monoisotopic (exact) mass is 330 g/mol. The maximum absolute atomic E-state index is 13.5. The zero-order valence-electron chi connectivity index (χ0n) is 13.4. The van der Waals surface area contributed by atoms with Crippen molar-refractivity contribution in [3.63, 3.8) is 0 Å². The van der Waals surface area contributed by atoms with Gasteiger partial charge in [0.2, 0.25) is 0 Å². The number of para-hydroxylation sites is 2. The molecule has 2 aromatic carbocycles. The predicted molar refractivity (Wildman–Crippen MR) is 89.2 cm³/mol. The number of aromatic nitrogens is 2. The molecule has 1 unspecified atom stereocenters. The van der Waals surface area contributed by atoms with E-state index in [0.29, 0.717) is 5.56 Å². The van der Waals surface area contributed by atoms with Gasteiger partial charge in [-0.3, -0.25) is 9.13 Å². The molecule has 5 nitrogen and oxygen atoms in total. The molecule has 3 rings (SSSR count). The van der Waals surface area contributed by atoms with Crippen LogP contribution in [0.1, 0.15) is 5.56 Å². The van der Waals surface area contributed by atoms with E-state index >= 15 is 0 Å². The molecule has 3 aromatic rings. The molecule has 0 fully saturated rings. The van der Waals surface area contributed by atoms with Gasteiger partial charge in [0.1, 0.15) is 5.82 Å². The number of hydrogen-bond acceptors (Lipinski definition) is 3. The third kappa shape index (κ3) is 3.25. The van der Waals surface area contributed by atoms with E-state index in [2.05, 4.69) is 0 Å². The quantitative estimate of drug-likeness (QED) is 0.753. The van der Waals surface area contributed by atoms with Crippen molar-refractivity contribution in [2.75, 3.05) is 6.61 Å². The summed E-state index contributed by atoms with van der Waals surface area (Å²) in [5.41, 5.74) is 1.82. The molecule has 0 spiro atoms. The summed E-state index contributed by atoms with van der Waals surface area (Å²) >= 11 is 0. The standard InChI is InChI=1S/C18H19FN2O3/c1-20-16-8-4-5-9-17(16)21(18(20)23)10-14(22)12-24-11-13-6-2-3-7-15(13)19/h2-9,14,22H,10-12H2,1H3. The van der Waals surface area contributed by atoms with E-state index in [1.165, 1.54) is 10.6 Å². The van der Waals surface area contributed by atoms with Crippen molar-refractivity contribution >= 4 is 11.0 Å². The van der Waals surface area contributed by atoms with Crippen molar-refractivity contribution in [1.82, 2.24) is 9.13 Å². The lowest BCUT2D eigenvalue weighted by Crippen LogP contribution is -2.30. The van der Waals surface area contributed by atoms with Crippen LogP contribution in [0.3, 0.4) is 0 Å². The van der Waals surface area contributed by atoms with Crippen molar-refractivity contribution in [1.29, 1.82) is 0 Å². The fraction of sp³-hybridized carbons (Fsp3) is 0.278. The Kier molecular flexibility index (Phi) is 4.78. The fourth-order valence-corrected chi connectivity index (χ4v) is 2.72. The topological polar surface area (TPSA) is 56.4 Å². The number of aliphatic hydroxyl groups excluding tert-OH is 1. The van der Waals surface area contributed by atoms with Crippen LogP contribution >= 0.6 is 0 Å². The maximum atomic E-state index is 13.5. The molecule has 24 heavy (non-hydrogen) atoms. The summed E-state index contributed by atoms with van der Waals surface area (Å²) in [7, 11) is 1.70. The van der Waals surface area contributed by atoms with E-state index in [1.807, 2.05) is 24.3 Å². The Labute approximate surface area is 138 Å². The highest BCUT2D eigenvalue weighted by atomic mass is 19.1. The molecule has 0 radical (unpaired) electrons. The number of aryl methyl sites for hydroxylation is 1. The second-order valence-electron chi connectivity index (χ2n) is 5.70. The summed E-state index contributed by atoms with van der Waals surface area (Å²) in [6.45, 7) is 0.218. The van der Waals surface area contributed by atoms with Crippen molar-refractivity contribution < 1.29 is 14.2 Å². The lowest BCUT2D eigenvalue weighted by Gasteiger charge is -2.12. The number of halogens is 1. The highest BCUT2D eigenvalue weighted by molar-refractivity contribution is 5.75. The van der Waals surface area contributed by atoms with E-state index in [1.54, 1.807) is 29.8 Å². The normalized spacial score (nSPS) is 12.6. The van der Waals surface area contributed by atoms with Gasteiger partial charge in [-0.15, -0.1) is 0 Å². The van der Waals surface area contributed by atoms with Crippen LogP contribution < -0.4 is 5.69 Å². The Balaban J connectivity index is 1.65. The zero-order chi connectivity index (χ0) is 17.1. The van der Waals surface area contributed by atoms with Gasteiger partial charge >= 0.3 is 5.69 Å². The molecule has 1 heterocycles. The SMILES string of the molecule is Cn1c(=O)n(CC(O)COCc2ccccc2F)c2ccccc21. The van der Waals surface area contributed by atoms with Crippen LogP contribution in [0.5, 0.6) is 0 Å². The van der Waals surface area contributed by atoms with Crippen molar-refractivity contribution in [2.45, 2.75) is 19.3 Å². The van der Waals surface area contributed by atoms with Gasteiger partial charge in [0.25, 0.3) is 0 Å². The highest BCUT2D eigenvalue weighted by Gasteiger charge is 2.14. The molecular formula is C18H19FN2O3. The number of imidazole rings is 1. The summed E-state index contributed by atoms with van der Waals surface area (Å²) in [5, 5.41) is 10.2. The molecule has 0 aliphatic rings. The van der Waals surface area contributed by atoms with Crippen LogP contribution in [-0.2, 0) is 24.9 Å². The molecule has 0 bridgehead atoms. The predicted octanol–water partition coefficient (Wildman–Crippen LogP) is 2.06. The van der Waals surface area contributed by atoms with E-state index < -0.39 is 6.10 Å². The molecule has 1 aromatic heterocycles. The van der Waals surface area contributed by atoms with Crippen molar-refractivity contribution in [2.24, 2.45) is 7.05 Å². The van der Waals surface area contributed by atoms with E-state index in [-0.39, 0.29) is 31.3 Å². The minimum absolute atomic E-state index is 0.0179. The number of hydrogen-bond donors (Lipinski definition) is 1. The number of aliphatic hydroxyl groups is 1. The first-order valence-electron chi connectivity index (χ1n) is 7.71. The number of rotatable bonds is 6. The Bertz CT molecular complexity index is 901. The van der Waals surface area contributed by atoms with Gasteiger partial charge in [-0.05, 0) is 18.2 Å². The Morgan fingerprint density at radius 3 is 2.54 bits per heavy atom. The van der Waals surface area contributed by atoms with Crippen LogP contribution in [0.2, 0.25) is 0 Å². The van der Waals surface area contributed by atoms with E-state index in [0.717, 1.165) is 11.0 Å².